The first-order valence-corrected chi connectivity index (χ1v) is 13.6. The molecule has 1 heterocycles. The van der Waals surface area contributed by atoms with Crippen molar-refractivity contribution in [2.75, 3.05) is 11.1 Å². The Morgan fingerprint density at radius 1 is 1.03 bits per heavy atom. The van der Waals surface area contributed by atoms with Gasteiger partial charge in [-0.05, 0) is 75.2 Å². The molecule has 0 aliphatic rings. The molecule has 3 aromatic carbocycles. The maximum absolute atomic E-state index is 13.5. The minimum Gasteiger partial charge on any atom is -0.350 e. The number of nitrogens with zero attached hydrogens (tertiary/aromatic N) is 2. The molecular formula is C29H29ClN4O3S. The van der Waals surface area contributed by atoms with E-state index in [0.29, 0.717) is 26.6 Å². The van der Waals surface area contributed by atoms with Gasteiger partial charge in [0.25, 0.3) is 11.5 Å². The molecule has 0 fully saturated rings. The lowest BCUT2D eigenvalue weighted by Crippen LogP contribution is -2.30. The van der Waals surface area contributed by atoms with Gasteiger partial charge in [0.2, 0.25) is 5.91 Å². The zero-order valence-electron chi connectivity index (χ0n) is 21.7. The molecule has 0 saturated carbocycles. The molecule has 0 aliphatic carbocycles. The van der Waals surface area contributed by atoms with Gasteiger partial charge < -0.3 is 10.6 Å². The summed E-state index contributed by atoms with van der Waals surface area (Å²) in [5, 5.41) is 7.06. The number of benzene rings is 3. The predicted octanol–water partition coefficient (Wildman–Crippen LogP) is 5.58. The molecule has 4 rings (SSSR count). The lowest BCUT2D eigenvalue weighted by Gasteiger charge is -2.14. The van der Waals surface area contributed by atoms with E-state index in [1.807, 2.05) is 58.0 Å². The van der Waals surface area contributed by atoms with Crippen LogP contribution in [0.3, 0.4) is 0 Å². The van der Waals surface area contributed by atoms with E-state index in [9.17, 15) is 14.4 Å². The Bertz CT molecular complexity index is 1570. The Hall–Kier alpha value is -3.62. The fourth-order valence-corrected chi connectivity index (χ4v) is 4.95. The molecule has 2 N–H and O–H groups in total. The third kappa shape index (κ3) is 6.62. The topological polar surface area (TPSA) is 93.1 Å². The number of hydrogen-bond acceptors (Lipinski definition) is 5. The highest BCUT2D eigenvalue weighted by atomic mass is 35.5. The van der Waals surface area contributed by atoms with Gasteiger partial charge in [-0.25, -0.2) is 4.98 Å². The summed E-state index contributed by atoms with van der Waals surface area (Å²) in [5.74, 6) is -0.274. The van der Waals surface area contributed by atoms with Crippen molar-refractivity contribution in [3.63, 3.8) is 0 Å². The van der Waals surface area contributed by atoms with Gasteiger partial charge in [-0.2, -0.15) is 0 Å². The van der Waals surface area contributed by atoms with Crippen LogP contribution < -0.4 is 16.2 Å². The van der Waals surface area contributed by atoms with E-state index in [-0.39, 0.29) is 35.7 Å². The summed E-state index contributed by atoms with van der Waals surface area (Å²) in [6.07, 6.45) is 0. The molecule has 1 aromatic heterocycles. The molecule has 0 radical (unpaired) electrons. The Morgan fingerprint density at radius 2 is 1.76 bits per heavy atom. The van der Waals surface area contributed by atoms with Crippen molar-refractivity contribution in [3.05, 3.63) is 98.3 Å². The standard InChI is InChI=1S/C29H29ClN4O3S/c1-17(2)31-27(36)21-8-6-20(7-9-21)15-34-28(37)23-14-22(30)10-12-25(23)33-29(34)38-16-26(35)32-24-11-5-18(3)13-19(24)4/h5-14,17H,15-16H2,1-4H3,(H,31,36)(H,32,35). The first kappa shape index (κ1) is 27.4. The third-order valence-electron chi connectivity index (χ3n) is 5.85. The summed E-state index contributed by atoms with van der Waals surface area (Å²) in [7, 11) is 0. The van der Waals surface area contributed by atoms with Gasteiger partial charge in [0.05, 0.1) is 23.2 Å². The molecule has 0 atom stereocenters. The van der Waals surface area contributed by atoms with E-state index in [1.54, 1.807) is 30.3 Å². The van der Waals surface area contributed by atoms with Gasteiger partial charge in [-0.3, -0.25) is 19.0 Å². The van der Waals surface area contributed by atoms with Crippen LogP contribution in [0.1, 0.15) is 40.9 Å². The number of fused-ring (bicyclic) bond motifs is 1. The van der Waals surface area contributed by atoms with Crippen LogP contribution in [0.2, 0.25) is 5.02 Å². The summed E-state index contributed by atoms with van der Waals surface area (Å²) in [5.41, 5.74) is 4.46. The van der Waals surface area contributed by atoms with Gasteiger partial charge in [0.15, 0.2) is 5.16 Å². The van der Waals surface area contributed by atoms with Crippen LogP contribution in [-0.2, 0) is 11.3 Å². The second-order valence-corrected chi connectivity index (χ2v) is 10.8. The minimum atomic E-state index is -0.253. The van der Waals surface area contributed by atoms with Crippen molar-refractivity contribution in [3.8, 4) is 0 Å². The number of carbonyl (C=O) groups is 2. The van der Waals surface area contributed by atoms with E-state index in [1.165, 1.54) is 16.3 Å². The monoisotopic (exact) mass is 548 g/mol. The molecule has 0 saturated heterocycles. The molecular weight excluding hydrogens is 520 g/mol. The number of carbonyl (C=O) groups excluding carboxylic acids is 2. The number of aryl methyl sites for hydroxylation is 2. The number of rotatable bonds is 8. The number of nitrogens with one attached hydrogen (secondary N) is 2. The first-order valence-electron chi connectivity index (χ1n) is 12.2. The molecule has 4 aromatic rings. The van der Waals surface area contributed by atoms with Gasteiger partial charge >= 0.3 is 0 Å². The van der Waals surface area contributed by atoms with Crippen LogP contribution in [0.4, 0.5) is 5.69 Å². The van der Waals surface area contributed by atoms with Crippen molar-refractivity contribution in [1.29, 1.82) is 0 Å². The first-order chi connectivity index (χ1) is 18.1. The molecule has 2 amide bonds. The second kappa shape index (κ2) is 11.8. The lowest BCUT2D eigenvalue weighted by molar-refractivity contribution is -0.113. The van der Waals surface area contributed by atoms with Crippen molar-refractivity contribution in [2.24, 2.45) is 0 Å². The molecule has 38 heavy (non-hydrogen) atoms. The van der Waals surface area contributed by atoms with Crippen LogP contribution in [0.5, 0.6) is 0 Å². The molecule has 196 valence electrons. The minimum absolute atomic E-state index is 0.0305. The molecule has 0 bridgehead atoms. The third-order valence-corrected chi connectivity index (χ3v) is 7.06. The number of thioether (sulfide) groups is 1. The molecule has 0 spiro atoms. The maximum atomic E-state index is 13.5. The predicted molar refractivity (Wildman–Crippen MR) is 154 cm³/mol. The van der Waals surface area contributed by atoms with E-state index >= 15 is 0 Å². The Morgan fingerprint density at radius 3 is 2.45 bits per heavy atom. The normalized spacial score (nSPS) is 11.1. The van der Waals surface area contributed by atoms with Gasteiger partial charge in [0, 0.05) is 22.3 Å². The SMILES string of the molecule is Cc1ccc(NC(=O)CSc2nc3ccc(Cl)cc3c(=O)n2Cc2ccc(C(=O)NC(C)C)cc2)c(C)c1. The van der Waals surface area contributed by atoms with Crippen molar-refractivity contribution in [1.82, 2.24) is 14.9 Å². The quantitative estimate of drug-likeness (QED) is 0.221. The average molecular weight is 549 g/mol. The highest BCUT2D eigenvalue weighted by Crippen LogP contribution is 2.22. The number of amides is 2. The molecule has 7 nitrogen and oxygen atoms in total. The van der Waals surface area contributed by atoms with E-state index in [2.05, 4.69) is 15.6 Å². The largest absolute Gasteiger partial charge is 0.350 e. The van der Waals surface area contributed by atoms with E-state index in [4.69, 9.17) is 11.6 Å². The van der Waals surface area contributed by atoms with Crippen LogP contribution in [0, 0.1) is 13.8 Å². The summed E-state index contributed by atoms with van der Waals surface area (Å²) in [6, 6.07) is 17.9. The second-order valence-electron chi connectivity index (χ2n) is 9.43. The van der Waals surface area contributed by atoms with Crippen molar-refractivity contribution < 1.29 is 9.59 Å². The summed E-state index contributed by atoms with van der Waals surface area (Å²) in [6.45, 7) is 7.97. The maximum Gasteiger partial charge on any atom is 0.262 e. The fraction of sp³-hybridized carbons (Fsp3) is 0.241. The van der Waals surface area contributed by atoms with Crippen LogP contribution in [0.25, 0.3) is 10.9 Å². The summed E-state index contributed by atoms with van der Waals surface area (Å²) < 4.78 is 1.54. The molecule has 0 aliphatic heterocycles. The Kier molecular flexibility index (Phi) is 8.54. The molecule has 9 heteroatoms. The van der Waals surface area contributed by atoms with Crippen LogP contribution in [-0.4, -0.2) is 33.2 Å². The zero-order chi connectivity index (χ0) is 27.4. The number of aromatic nitrogens is 2. The number of halogens is 1. The smallest absolute Gasteiger partial charge is 0.262 e. The summed E-state index contributed by atoms with van der Waals surface area (Å²) in [4.78, 5) is 43.2. The van der Waals surface area contributed by atoms with E-state index < -0.39 is 0 Å². The van der Waals surface area contributed by atoms with E-state index in [0.717, 1.165) is 22.4 Å². The van der Waals surface area contributed by atoms with Crippen molar-refractivity contribution in [2.45, 2.75) is 45.4 Å². The Balaban J connectivity index is 1.60. The molecule has 0 unspecified atom stereocenters. The van der Waals surface area contributed by atoms with Gasteiger partial charge in [-0.15, -0.1) is 0 Å². The average Bonchev–Trinajstić information content (AvgIpc) is 2.87. The highest BCUT2D eigenvalue weighted by Gasteiger charge is 2.15. The van der Waals surface area contributed by atoms with Crippen LogP contribution >= 0.6 is 23.4 Å². The highest BCUT2D eigenvalue weighted by molar-refractivity contribution is 7.99. The zero-order valence-corrected chi connectivity index (χ0v) is 23.2. The van der Waals surface area contributed by atoms with Gasteiger partial charge in [0.1, 0.15) is 0 Å². The lowest BCUT2D eigenvalue weighted by atomic mass is 10.1. The van der Waals surface area contributed by atoms with Crippen molar-refractivity contribution >= 4 is 51.8 Å². The van der Waals surface area contributed by atoms with Crippen LogP contribution in [0.15, 0.2) is 70.6 Å². The Labute approximate surface area is 230 Å². The summed E-state index contributed by atoms with van der Waals surface area (Å²) >= 11 is 7.35. The van der Waals surface area contributed by atoms with Gasteiger partial charge in [-0.1, -0.05) is 53.2 Å². The fourth-order valence-electron chi connectivity index (χ4n) is 3.98. The number of anilines is 1. The number of hydrogen-bond donors (Lipinski definition) is 2.